The van der Waals surface area contributed by atoms with E-state index in [1.54, 1.807) is 0 Å². The smallest absolute Gasteiger partial charge is 0.222 e. The van der Waals surface area contributed by atoms with Crippen LogP contribution < -0.4 is 5.32 Å². The summed E-state index contributed by atoms with van der Waals surface area (Å²) < 4.78 is 0. The zero-order valence-electron chi connectivity index (χ0n) is 14.9. The van der Waals surface area contributed by atoms with Crippen LogP contribution in [0, 0.1) is 5.92 Å². The molecule has 5 heteroatoms. The normalized spacial score (nSPS) is 19.0. The Labute approximate surface area is 140 Å². The van der Waals surface area contributed by atoms with Crippen molar-refractivity contribution in [3.8, 4) is 0 Å². The molecule has 1 saturated heterocycles. The molecule has 0 aromatic carbocycles. The number of hydrogen-bond donors (Lipinski definition) is 1. The summed E-state index contributed by atoms with van der Waals surface area (Å²) in [5.41, 5.74) is 0. The van der Waals surface area contributed by atoms with Gasteiger partial charge in [-0.05, 0) is 58.4 Å². The van der Waals surface area contributed by atoms with E-state index in [4.69, 9.17) is 0 Å². The first-order chi connectivity index (χ1) is 11.1. The van der Waals surface area contributed by atoms with Crippen LogP contribution in [0.3, 0.4) is 0 Å². The molecule has 0 bridgehead atoms. The first-order valence-corrected chi connectivity index (χ1v) is 9.43. The van der Waals surface area contributed by atoms with Crippen LogP contribution in [0.25, 0.3) is 0 Å². The third kappa shape index (κ3) is 6.13. The Morgan fingerprint density at radius 1 is 1.04 bits per heavy atom. The molecule has 0 spiro atoms. The van der Waals surface area contributed by atoms with Crippen molar-refractivity contribution in [1.82, 2.24) is 15.1 Å². The molecular formula is C18H33N3O2. The molecule has 23 heavy (non-hydrogen) atoms. The minimum absolute atomic E-state index is 0.172. The van der Waals surface area contributed by atoms with Crippen LogP contribution in [0.5, 0.6) is 0 Å². The van der Waals surface area contributed by atoms with Gasteiger partial charge >= 0.3 is 0 Å². The first kappa shape index (κ1) is 18.2. The minimum Gasteiger partial charge on any atom is -0.343 e. The second kappa shape index (κ2) is 9.26. The van der Waals surface area contributed by atoms with Gasteiger partial charge in [0.05, 0.1) is 0 Å². The molecular weight excluding hydrogens is 290 g/mol. The standard InChI is InChI=1S/C18H33N3O2/c1-3-20(4-2)17(22)6-5-7-18(23)21-12-10-16(11-13-21)19-14-15-8-9-15/h15-16,19H,3-14H2,1-2H3. The summed E-state index contributed by atoms with van der Waals surface area (Å²) in [6, 6.07) is 0.587. The molecule has 0 aromatic heterocycles. The summed E-state index contributed by atoms with van der Waals surface area (Å²) in [4.78, 5) is 28.0. The average molecular weight is 323 g/mol. The van der Waals surface area contributed by atoms with Crippen molar-refractivity contribution in [2.45, 2.75) is 64.8 Å². The molecule has 1 heterocycles. The van der Waals surface area contributed by atoms with E-state index in [1.807, 2.05) is 23.6 Å². The summed E-state index contributed by atoms with van der Waals surface area (Å²) in [5.74, 6) is 1.31. The van der Waals surface area contributed by atoms with Crippen molar-refractivity contribution in [3.05, 3.63) is 0 Å². The van der Waals surface area contributed by atoms with E-state index < -0.39 is 0 Å². The van der Waals surface area contributed by atoms with E-state index in [1.165, 1.54) is 12.8 Å². The highest BCUT2D eigenvalue weighted by Crippen LogP contribution is 2.28. The summed E-state index contributed by atoms with van der Waals surface area (Å²) in [5, 5.41) is 3.64. The van der Waals surface area contributed by atoms with Gasteiger partial charge in [0.1, 0.15) is 0 Å². The number of piperidine rings is 1. The Morgan fingerprint density at radius 3 is 2.26 bits per heavy atom. The summed E-state index contributed by atoms with van der Waals surface area (Å²) in [6.07, 6.45) is 6.58. The molecule has 0 radical (unpaired) electrons. The quantitative estimate of drug-likeness (QED) is 0.706. The fourth-order valence-corrected chi connectivity index (χ4v) is 3.27. The van der Waals surface area contributed by atoms with Crippen LogP contribution >= 0.6 is 0 Å². The number of hydrogen-bond acceptors (Lipinski definition) is 3. The molecule has 1 aliphatic heterocycles. The molecule has 1 N–H and O–H groups in total. The lowest BCUT2D eigenvalue weighted by Gasteiger charge is -2.32. The number of carbonyl (C=O) groups is 2. The maximum absolute atomic E-state index is 12.3. The fraction of sp³-hybridized carbons (Fsp3) is 0.889. The molecule has 2 fully saturated rings. The van der Waals surface area contributed by atoms with Gasteiger partial charge in [-0.3, -0.25) is 9.59 Å². The highest BCUT2D eigenvalue weighted by molar-refractivity contribution is 5.79. The molecule has 0 unspecified atom stereocenters. The Kier molecular flexibility index (Phi) is 7.34. The molecule has 132 valence electrons. The fourth-order valence-electron chi connectivity index (χ4n) is 3.27. The van der Waals surface area contributed by atoms with Gasteiger partial charge in [0.2, 0.25) is 11.8 Å². The molecule has 5 nitrogen and oxygen atoms in total. The minimum atomic E-state index is 0.172. The van der Waals surface area contributed by atoms with Crippen LogP contribution in [0.1, 0.15) is 58.8 Å². The van der Waals surface area contributed by atoms with E-state index in [-0.39, 0.29) is 11.8 Å². The molecule has 1 saturated carbocycles. The van der Waals surface area contributed by atoms with Gasteiger partial charge < -0.3 is 15.1 Å². The van der Waals surface area contributed by atoms with Crippen LogP contribution in [-0.4, -0.2) is 60.4 Å². The Balaban J connectivity index is 1.58. The van der Waals surface area contributed by atoms with E-state index in [2.05, 4.69) is 5.32 Å². The molecule has 2 rings (SSSR count). The largest absolute Gasteiger partial charge is 0.343 e. The third-order valence-electron chi connectivity index (χ3n) is 5.14. The van der Waals surface area contributed by atoms with Crippen LogP contribution in [0.2, 0.25) is 0 Å². The van der Waals surface area contributed by atoms with Crippen molar-refractivity contribution < 1.29 is 9.59 Å². The Morgan fingerprint density at radius 2 is 1.70 bits per heavy atom. The van der Waals surface area contributed by atoms with Crippen molar-refractivity contribution in [3.63, 3.8) is 0 Å². The van der Waals surface area contributed by atoms with Gasteiger partial charge in [-0.1, -0.05) is 0 Å². The van der Waals surface area contributed by atoms with E-state index >= 15 is 0 Å². The first-order valence-electron chi connectivity index (χ1n) is 9.43. The number of amides is 2. The van der Waals surface area contributed by atoms with Crippen molar-refractivity contribution in [2.75, 3.05) is 32.7 Å². The number of rotatable bonds is 9. The van der Waals surface area contributed by atoms with Gasteiger partial charge in [-0.15, -0.1) is 0 Å². The average Bonchev–Trinajstić information content (AvgIpc) is 3.39. The highest BCUT2D eigenvalue weighted by atomic mass is 16.2. The zero-order valence-corrected chi connectivity index (χ0v) is 14.9. The van der Waals surface area contributed by atoms with Gasteiger partial charge in [-0.25, -0.2) is 0 Å². The van der Waals surface area contributed by atoms with E-state index in [0.717, 1.165) is 51.5 Å². The molecule has 0 aromatic rings. The lowest BCUT2D eigenvalue weighted by molar-refractivity contribution is -0.133. The molecule has 1 aliphatic carbocycles. The van der Waals surface area contributed by atoms with Crippen molar-refractivity contribution >= 4 is 11.8 Å². The zero-order chi connectivity index (χ0) is 16.7. The van der Waals surface area contributed by atoms with Crippen LogP contribution in [0.4, 0.5) is 0 Å². The second-order valence-corrected chi connectivity index (χ2v) is 6.93. The predicted octanol–water partition coefficient (Wildman–Crippen LogP) is 2.02. The van der Waals surface area contributed by atoms with Crippen molar-refractivity contribution in [2.24, 2.45) is 5.92 Å². The monoisotopic (exact) mass is 323 g/mol. The lowest BCUT2D eigenvalue weighted by Crippen LogP contribution is -2.45. The van der Waals surface area contributed by atoms with Gasteiger partial charge in [0, 0.05) is 45.1 Å². The van der Waals surface area contributed by atoms with E-state index in [0.29, 0.717) is 25.3 Å². The highest BCUT2D eigenvalue weighted by Gasteiger charge is 2.25. The molecule has 2 aliphatic rings. The third-order valence-corrected chi connectivity index (χ3v) is 5.14. The maximum atomic E-state index is 12.3. The van der Waals surface area contributed by atoms with Crippen LogP contribution in [0.15, 0.2) is 0 Å². The topological polar surface area (TPSA) is 52.7 Å². The second-order valence-electron chi connectivity index (χ2n) is 6.93. The van der Waals surface area contributed by atoms with Crippen LogP contribution in [-0.2, 0) is 9.59 Å². The number of carbonyl (C=O) groups excluding carboxylic acids is 2. The molecule has 2 amide bonds. The number of nitrogens with one attached hydrogen (secondary N) is 1. The molecule has 0 atom stereocenters. The van der Waals surface area contributed by atoms with Crippen molar-refractivity contribution in [1.29, 1.82) is 0 Å². The number of likely N-dealkylation sites (tertiary alicyclic amines) is 1. The summed E-state index contributed by atoms with van der Waals surface area (Å²) >= 11 is 0. The Bertz CT molecular complexity index is 384. The predicted molar refractivity (Wildman–Crippen MR) is 92.1 cm³/mol. The Hall–Kier alpha value is -1.10. The van der Waals surface area contributed by atoms with Gasteiger partial charge in [0.15, 0.2) is 0 Å². The summed E-state index contributed by atoms with van der Waals surface area (Å²) in [6.45, 7) is 8.39. The van der Waals surface area contributed by atoms with Gasteiger partial charge in [-0.2, -0.15) is 0 Å². The lowest BCUT2D eigenvalue weighted by atomic mass is 10.0. The van der Waals surface area contributed by atoms with E-state index in [9.17, 15) is 9.59 Å². The SMILES string of the molecule is CCN(CC)C(=O)CCCC(=O)N1CCC(NCC2CC2)CC1. The van der Waals surface area contributed by atoms with Gasteiger partial charge in [0.25, 0.3) is 0 Å². The maximum Gasteiger partial charge on any atom is 0.222 e. The summed E-state index contributed by atoms with van der Waals surface area (Å²) in [7, 11) is 0. The number of nitrogens with zero attached hydrogens (tertiary/aromatic N) is 2.